The van der Waals surface area contributed by atoms with Crippen LogP contribution in [-0.2, 0) is 14.3 Å². The van der Waals surface area contributed by atoms with Crippen LogP contribution in [0.25, 0.3) is 0 Å². The van der Waals surface area contributed by atoms with E-state index in [9.17, 15) is 4.79 Å². The second-order valence-electron chi connectivity index (χ2n) is 3.54. The second-order valence-corrected chi connectivity index (χ2v) is 3.54. The van der Waals surface area contributed by atoms with Gasteiger partial charge in [0, 0.05) is 26.9 Å². The minimum Gasteiger partial charge on any atom is -0.385 e. The molecule has 1 N–H and O–H groups in total. The monoisotopic (exact) mass is 201 g/mol. The first-order valence-electron chi connectivity index (χ1n) is 5.20. The lowest BCUT2D eigenvalue weighted by Gasteiger charge is -2.09. The molecule has 4 nitrogen and oxygen atoms in total. The van der Waals surface area contributed by atoms with Crippen molar-refractivity contribution in [2.45, 2.75) is 31.8 Å². The van der Waals surface area contributed by atoms with Gasteiger partial charge in [-0.25, -0.2) is 0 Å². The van der Waals surface area contributed by atoms with Gasteiger partial charge in [0.2, 0.25) is 5.91 Å². The van der Waals surface area contributed by atoms with Crippen LogP contribution in [0.5, 0.6) is 0 Å². The van der Waals surface area contributed by atoms with Crippen molar-refractivity contribution in [2.24, 2.45) is 0 Å². The molecule has 0 bridgehead atoms. The molecule has 1 atom stereocenters. The molecular formula is C10H19NO3. The van der Waals surface area contributed by atoms with Crippen LogP contribution in [0.4, 0.5) is 0 Å². The van der Waals surface area contributed by atoms with E-state index in [4.69, 9.17) is 9.47 Å². The van der Waals surface area contributed by atoms with Crippen LogP contribution in [0.3, 0.4) is 0 Å². The van der Waals surface area contributed by atoms with Gasteiger partial charge in [-0.2, -0.15) is 0 Å². The molecule has 0 aromatic carbocycles. The number of methoxy groups -OCH3 is 1. The maximum atomic E-state index is 11.3. The molecule has 4 heteroatoms. The summed E-state index contributed by atoms with van der Waals surface area (Å²) in [7, 11) is 1.66. The van der Waals surface area contributed by atoms with Crippen molar-refractivity contribution in [3.63, 3.8) is 0 Å². The van der Waals surface area contributed by atoms with E-state index in [1.54, 1.807) is 7.11 Å². The van der Waals surface area contributed by atoms with E-state index >= 15 is 0 Å². The fourth-order valence-corrected chi connectivity index (χ4v) is 1.53. The number of hydrogen-bond donors (Lipinski definition) is 1. The first-order valence-corrected chi connectivity index (χ1v) is 5.20. The third kappa shape index (κ3) is 4.58. The Morgan fingerprint density at radius 2 is 2.50 bits per heavy atom. The zero-order chi connectivity index (χ0) is 10.2. The SMILES string of the molecule is COCCCNC(=O)CC1CCCO1. The number of ether oxygens (including phenoxy) is 2. The maximum absolute atomic E-state index is 11.3. The van der Waals surface area contributed by atoms with E-state index in [0.29, 0.717) is 19.6 Å². The molecule has 1 saturated heterocycles. The van der Waals surface area contributed by atoms with E-state index in [2.05, 4.69) is 5.32 Å². The highest BCUT2D eigenvalue weighted by Crippen LogP contribution is 2.14. The molecule has 1 unspecified atom stereocenters. The predicted molar refractivity (Wildman–Crippen MR) is 53.1 cm³/mol. The lowest BCUT2D eigenvalue weighted by atomic mass is 10.2. The molecule has 0 saturated carbocycles. The topological polar surface area (TPSA) is 47.6 Å². The third-order valence-electron chi connectivity index (χ3n) is 2.28. The van der Waals surface area contributed by atoms with Crippen LogP contribution < -0.4 is 5.32 Å². The molecule has 1 aliphatic heterocycles. The highest BCUT2D eigenvalue weighted by molar-refractivity contribution is 5.76. The van der Waals surface area contributed by atoms with Crippen LogP contribution in [0.1, 0.15) is 25.7 Å². The largest absolute Gasteiger partial charge is 0.385 e. The average Bonchev–Trinajstić information content (AvgIpc) is 2.65. The van der Waals surface area contributed by atoms with Crippen molar-refractivity contribution in [3.8, 4) is 0 Å². The van der Waals surface area contributed by atoms with Gasteiger partial charge in [-0.15, -0.1) is 0 Å². The van der Waals surface area contributed by atoms with Gasteiger partial charge in [-0.3, -0.25) is 4.79 Å². The Hall–Kier alpha value is -0.610. The molecule has 0 aromatic rings. The minimum atomic E-state index is 0.0907. The molecular weight excluding hydrogens is 182 g/mol. The average molecular weight is 201 g/mol. The summed E-state index contributed by atoms with van der Waals surface area (Å²) in [5.41, 5.74) is 0. The fraction of sp³-hybridized carbons (Fsp3) is 0.900. The highest BCUT2D eigenvalue weighted by Gasteiger charge is 2.18. The third-order valence-corrected chi connectivity index (χ3v) is 2.28. The highest BCUT2D eigenvalue weighted by atomic mass is 16.5. The molecule has 1 amide bonds. The first-order chi connectivity index (χ1) is 6.83. The van der Waals surface area contributed by atoms with E-state index in [-0.39, 0.29) is 12.0 Å². The molecule has 1 fully saturated rings. The summed E-state index contributed by atoms with van der Waals surface area (Å²) >= 11 is 0. The molecule has 0 aromatic heterocycles. The Morgan fingerprint density at radius 1 is 1.64 bits per heavy atom. The molecule has 0 aliphatic carbocycles. The summed E-state index contributed by atoms with van der Waals surface area (Å²) < 4.78 is 10.2. The van der Waals surface area contributed by atoms with Crippen LogP contribution >= 0.6 is 0 Å². The standard InChI is InChI=1S/C10H19NO3/c1-13-6-3-5-11-10(12)8-9-4-2-7-14-9/h9H,2-8H2,1H3,(H,11,12). The van der Waals surface area contributed by atoms with Crippen molar-refractivity contribution in [1.82, 2.24) is 5.32 Å². The summed E-state index contributed by atoms with van der Waals surface area (Å²) in [6.45, 7) is 2.20. The zero-order valence-corrected chi connectivity index (χ0v) is 8.75. The normalized spacial score (nSPS) is 21.1. The molecule has 1 aliphatic rings. The second kappa shape index (κ2) is 6.79. The fourth-order valence-electron chi connectivity index (χ4n) is 1.53. The lowest BCUT2D eigenvalue weighted by molar-refractivity contribution is -0.123. The Morgan fingerprint density at radius 3 is 3.14 bits per heavy atom. The Labute approximate surface area is 85.0 Å². The Kier molecular flexibility index (Phi) is 5.56. The van der Waals surface area contributed by atoms with Gasteiger partial charge in [0.05, 0.1) is 12.5 Å². The Bertz CT molecular complexity index is 167. The van der Waals surface area contributed by atoms with E-state index in [1.165, 1.54) is 0 Å². The van der Waals surface area contributed by atoms with Gasteiger partial charge in [-0.1, -0.05) is 0 Å². The molecule has 1 heterocycles. The Balaban J connectivity index is 1.98. The van der Waals surface area contributed by atoms with Crippen LogP contribution in [0.15, 0.2) is 0 Å². The predicted octanol–water partition coefficient (Wildman–Crippen LogP) is 0.708. The van der Waals surface area contributed by atoms with E-state index < -0.39 is 0 Å². The van der Waals surface area contributed by atoms with Crippen molar-refractivity contribution in [3.05, 3.63) is 0 Å². The van der Waals surface area contributed by atoms with E-state index in [1.807, 2.05) is 0 Å². The van der Waals surface area contributed by atoms with Gasteiger partial charge < -0.3 is 14.8 Å². The summed E-state index contributed by atoms with van der Waals surface area (Å²) in [5, 5.41) is 2.85. The number of carbonyl (C=O) groups is 1. The molecule has 14 heavy (non-hydrogen) atoms. The number of carbonyl (C=O) groups excluding carboxylic acids is 1. The summed E-state index contributed by atoms with van der Waals surface area (Å²) in [6, 6.07) is 0. The molecule has 1 rings (SSSR count). The van der Waals surface area contributed by atoms with Crippen molar-refractivity contribution < 1.29 is 14.3 Å². The van der Waals surface area contributed by atoms with Crippen LogP contribution in [-0.4, -0.2) is 38.9 Å². The summed E-state index contributed by atoms with van der Waals surface area (Å²) in [5.74, 6) is 0.0907. The van der Waals surface area contributed by atoms with Gasteiger partial charge in [0.15, 0.2) is 0 Å². The first kappa shape index (κ1) is 11.5. The van der Waals surface area contributed by atoms with Gasteiger partial charge in [-0.05, 0) is 19.3 Å². The molecule has 0 radical (unpaired) electrons. The van der Waals surface area contributed by atoms with Gasteiger partial charge >= 0.3 is 0 Å². The summed E-state index contributed by atoms with van der Waals surface area (Å²) in [6.07, 6.45) is 3.63. The summed E-state index contributed by atoms with van der Waals surface area (Å²) in [4.78, 5) is 11.3. The number of amides is 1. The smallest absolute Gasteiger partial charge is 0.222 e. The number of nitrogens with one attached hydrogen (secondary N) is 1. The number of hydrogen-bond acceptors (Lipinski definition) is 3. The van der Waals surface area contributed by atoms with Gasteiger partial charge in [0.1, 0.15) is 0 Å². The van der Waals surface area contributed by atoms with Crippen molar-refractivity contribution in [2.75, 3.05) is 26.9 Å². The quantitative estimate of drug-likeness (QED) is 0.644. The van der Waals surface area contributed by atoms with Crippen molar-refractivity contribution in [1.29, 1.82) is 0 Å². The van der Waals surface area contributed by atoms with Crippen molar-refractivity contribution >= 4 is 5.91 Å². The van der Waals surface area contributed by atoms with Gasteiger partial charge in [0.25, 0.3) is 0 Å². The zero-order valence-electron chi connectivity index (χ0n) is 8.75. The maximum Gasteiger partial charge on any atom is 0.222 e. The molecule has 0 spiro atoms. The van der Waals surface area contributed by atoms with Crippen LogP contribution in [0.2, 0.25) is 0 Å². The lowest BCUT2D eigenvalue weighted by Crippen LogP contribution is -2.28. The molecule has 82 valence electrons. The van der Waals surface area contributed by atoms with E-state index in [0.717, 1.165) is 25.9 Å². The van der Waals surface area contributed by atoms with Crippen LogP contribution in [0, 0.1) is 0 Å². The number of rotatable bonds is 6. The minimum absolute atomic E-state index is 0.0907.